The van der Waals surface area contributed by atoms with Crippen LogP contribution in [-0.4, -0.2) is 72.7 Å². The summed E-state index contributed by atoms with van der Waals surface area (Å²) < 4.78 is 10.9. The molecule has 4 rings (SSSR count). The Morgan fingerprint density at radius 1 is 1.11 bits per heavy atom. The van der Waals surface area contributed by atoms with Gasteiger partial charge in [0.15, 0.2) is 11.5 Å². The molecule has 0 unspecified atom stereocenters. The minimum Gasteiger partial charge on any atom is -0.454 e. The third-order valence-corrected chi connectivity index (χ3v) is 5.89. The molecule has 2 fully saturated rings. The first-order chi connectivity index (χ1) is 13.6. The monoisotopic (exact) mass is 385 g/mol. The second-order valence-corrected chi connectivity index (χ2v) is 8.30. The number of ether oxygens (including phenoxy) is 2. The van der Waals surface area contributed by atoms with E-state index in [-0.39, 0.29) is 5.91 Å². The van der Waals surface area contributed by atoms with E-state index in [9.17, 15) is 4.79 Å². The lowest BCUT2D eigenvalue weighted by Crippen LogP contribution is -2.55. The molecule has 6 heteroatoms. The van der Waals surface area contributed by atoms with Gasteiger partial charge in [-0.2, -0.15) is 0 Å². The number of piperidine rings is 1. The molecule has 0 spiro atoms. The summed E-state index contributed by atoms with van der Waals surface area (Å²) in [5, 5.41) is 0. The van der Waals surface area contributed by atoms with Gasteiger partial charge in [0.25, 0.3) is 0 Å². The number of carbonyl (C=O) groups is 1. The Bertz CT molecular complexity index is 737. The van der Waals surface area contributed by atoms with Gasteiger partial charge in [0.1, 0.15) is 0 Å². The van der Waals surface area contributed by atoms with E-state index >= 15 is 0 Å². The normalized spacial score (nSPS) is 22.9. The zero-order chi connectivity index (χ0) is 19.5. The van der Waals surface area contributed by atoms with E-state index in [2.05, 4.69) is 21.9 Å². The van der Waals surface area contributed by atoms with Crippen LogP contribution in [0.3, 0.4) is 0 Å². The predicted molar refractivity (Wildman–Crippen MR) is 108 cm³/mol. The Morgan fingerprint density at radius 2 is 1.89 bits per heavy atom. The van der Waals surface area contributed by atoms with Gasteiger partial charge in [-0.05, 0) is 44.4 Å². The summed E-state index contributed by atoms with van der Waals surface area (Å²) in [6.45, 7) is 11.3. The Morgan fingerprint density at radius 3 is 2.68 bits per heavy atom. The van der Waals surface area contributed by atoms with Crippen molar-refractivity contribution in [3.63, 3.8) is 0 Å². The Kier molecular flexibility index (Phi) is 5.87. The second-order valence-electron chi connectivity index (χ2n) is 8.30. The molecule has 0 saturated carbocycles. The molecule has 0 bridgehead atoms. The van der Waals surface area contributed by atoms with Crippen LogP contribution in [0.1, 0.15) is 32.3 Å². The summed E-state index contributed by atoms with van der Waals surface area (Å²) in [5.74, 6) is 1.88. The van der Waals surface area contributed by atoms with Gasteiger partial charge in [-0.25, -0.2) is 0 Å². The number of hydrogen-bond acceptors (Lipinski definition) is 5. The topological polar surface area (TPSA) is 45.3 Å². The Balaban J connectivity index is 1.28. The van der Waals surface area contributed by atoms with Crippen LogP contribution in [0.4, 0.5) is 0 Å². The zero-order valence-electron chi connectivity index (χ0n) is 17.0. The van der Waals surface area contributed by atoms with Gasteiger partial charge in [0.2, 0.25) is 12.7 Å². The molecular formula is C22H31N3O3. The van der Waals surface area contributed by atoms with E-state index in [0.717, 1.165) is 69.3 Å². The van der Waals surface area contributed by atoms with Gasteiger partial charge in [0.05, 0.1) is 0 Å². The van der Waals surface area contributed by atoms with Gasteiger partial charge in [-0.3, -0.25) is 14.6 Å². The van der Waals surface area contributed by atoms with Crippen molar-refractivity contribution in [1.82, 2.24) is 14.7 Å². The van der Waals surface area contributed by atoms with Crippen LogP contribution < -0.4 is 9.47 Å². The molecule has 0 aliphatic carbocycles. The number of piperazine rings is 1. The van der Waals surface area contributed by atoms with Gasteiger partial charge < -0.3 is 14.4 Å². The fourth-order valence-electron chi connectivity index (χ4n) is 4.38. The maximum atomic E-state index is 12.4. The van der Waals surface area contributed by atoms with Gasteiger partial charge >= 0.3 is 0 Å². The number of amides is 1. The van der Waals surface area contributed by atoms with Crippen molar-refractivity contribution in [2.75, 3.05) is 46.1 Å². The molecule has 3 aliphatic heterocycles. The first-order valence-electron chi connectivity index (χ1n) is 10.4. The number of allylic oxidation sites excluding steroid dienone is 1. The standard InChI is InChI=1S/C22H31N3O3/c1-17(2)12-22(26)25-7-3-4-19(15-25)24-10-8-23(9-11-24)14-18-5-6-20-21(13-18)28-16-27-20/h5-6,12-13,19H,3-4,7-11,14-16H2,1-2H3/t19-/m0/s1. The van der Waals surface area contributed by atoms with Crippen LogP contribution in [-0.2, 0) is 11.3 Å². The third kappa shape index (κ3) is 4.50. The highest BCUT2D eigenvalue weighted by Crippen LogP contribution is 2.33. The molecule has 1 amide bonds. The summed E-state index contributed by atoms with van der Waals surface area (Å²) in [6, 6.07) is 6.74. The molecule has 3 aliphatic rings. The summed E-state index contributed by atoms with van der Waals surface area (Å²) in [5.41, 5.74) is 2.35. The number of carbonyl (C=O) groups excluding carboxylic acids is 1. The smallest absolute Gasteiger partial charge is 0.246 e. The highest BCUT2D eigenvalue weighted by Gasteiger charge is 2.29. The maximum Gasteiger partial charge on any atom is 0.246 e. The minimum atomic E-state index is 0.172. The molecule has 1 aromatic rings. The Labute approximate surface area is 167 Å². The van der Waals surface area contributed by atoms with Crippen LogP contribution in [0.2, 0.25) is 0 Å². The summed E-state index contributed by atoms with van der Waals surface area (Å²) in [7, 11) is 0. The third-order valence-electron chi connectivity index (χ3n) is 5.89. The van der Waals surface area contributed by atoms with Crippen molar-refractivity contribution in [3.8, 4) is 11.5 Å². The van der Waals surface area contributed by atoms with Crippen molar-refractivity contribution >= 4 is 5.91 Å². The second kappa shape index (κ2) is 8.53. The van der Waals surface area contributed by atoms with Crippen molar-refractivity contribution in [2.45, 2.75) is 39.3 Å². The molecule has 28 heavy (non-hydrogen) atoms. The molecule has 6 nitrogen and oxygen atoms in total. The number of benzene rings is 1. The summed E-state index contributed by atoms with van der Waals surface area (Å²) >= 11 is 0. The van der Waals surface area contributed by atoms with E-state index in [0.29, 0.717) is 12.8 Å². The van der Waals surface area contributed by atoms with Crippen molar-refractivity contribution < 1.29 is 14.3 Å². The first-order valence-corrected chi connectivity index (χ1v) is 10.4. The molecule has 1 atom stereocenters. The Hall–Kier alpha value is -2.05. The SMILES string of the molecule is CC(C)=CC(=O)N1CCC[C@H](N2CCN(Cc3ccc4c(c3)OCO4)CC2)C1. The summed E-state index contributed by atoms with van der Waals surface area (Å²) in [4.78, 5) is 19.5. The lowest BCUT2D eigenvalue weighted by Gasteiger charge is -2.43. The lowest BCUT2D eigenvalue weighted by molar-refractivity contribution is -0.128. The molecule has 1 aromatic carbocycles. The highest BCUT2D eigenvalue weighted by molar-refractivity contribution is 5.88. The van der Waals surface area contributed by atoms with E-state index in [1.165, 1.54) is 12.0 Å². The molecule has 152 valence electrons. The fourth-order valence-corrected chi connectivity index (χ4v) is 4.38. The number of nitrogens with zero attached hydrogens (tertiary/aromatic N) is 3. The largest absolute Gasteiger partial charge is 0.454 e. The fraction of sp³-hybridized carbons (Fsp3) is 0.591. The highest BCUT2D eigenvalue weighted by atomic mass is 16.7. The molecule has 2 saturated heterocycles. The number of rotatable bonds is 4. The van der Waals surface area contributed by atoms with Crippen LogP contribution in [0, 0.1) is 0 Å². The lowest BCUT2D eigenvalue weighted by atomic mass is 10.0. The van der Waals surface area contributed by atoms with Crippen LogP contribution >= 0.6 is 0 Å². The number of likely N-dealkylation sites (tertiary alicyclic amines) is 1. The van der Waals surface area contributed by atoms with Crippen molar-refractivity contribution in [1.29, 1.82) is 0 Å². The maximum absolute atomic E-state index is 12.4. The average Bonchev–Trinajstić information content (AvgIpc) is 3.16. The zero-order valence-corrected chi connectivity index (χ0v) is 17.0. The average molecular weight is 386 g/mol. The van der Waals surface area contributed by atoms with E-state index < -0.39 is 0 Å². The van der Waals surface area contributed by atoms with Gasteiger partial charge in [0, 0.05) is 57.9 Å². The van der Waals surface area contributed by atoms with Gasteiger partial charge in [-0.15, -0.1) is 0 Å². The minimum absolute atomic E-state index is 0.172. The van der Waals surface area contributed by atoms with E-state index in [1.807, 2.05) is 24.8 Å². The predicted octanol–water partition coefficient (Wildman–Crippen LogP) is 2.49. The van der Waals surface area contributed by atoms with Gasteiger partial charge in [-0.1, -0.05) is 11.6 Å². The van der Waals surface area contributed by atoms with Crippen LogP contribution in [0.25, 0.3) is 0 Å². The summed E-state index contributed by atoms with van der Waals surface area (Å²) in [6.07, 6.45) is 4.07. The van der Waals surface area contributed by atoms with E-state index in [4.69, 9.17) is 9.47 Å². The first kappa shape index (κ1) is 19.3. The molecule has 0 N–H and O–H groups in total. The molecular weight excluding hydrogens is 354 g/mol. The van der Waals surface area contributed by atoms with Crippen LogP contribution in [0.15, 0.2) is 29.8 Å². The van der Waals surface area contributed by atoms with E-state index in [1.54, 1.807) is 6.08 Å². The van der Waals surface area contributed by atoms with Crippen molar-refractivity contribution in [3.05, 3.63) is 35.4 Å². The number of hydrogen-bond donors (Lipinski definition) is 0. The molecule has 0 aromatic heterocycles. The quantitative estimate of drug-likeness (QED) is 0.745. The molecule has 3 heterocycles. The van der Waals surface area contributed by atoms with Crippen molar-refractivity contribution in [2.24, 2.45) is 0 Å². The molecule has 0 radical (unpaired) electrons. The van der Waals surface area contributed by atoms with Crippen LogP contribution in [0.5, 0.6) is 11.5 Å². The number of fused-ring (bicyclic) bond motifs is 1.